The number of hydrogen-bond acceptors (Lipinski definition) is 8. The van der Waals surface area contributed by atoms with Crippen molar-refractivity contribution in [2.24, 2.45) is 0 Å². The average Bonchev–Trinajstić information content (AvgIpc) is 3.67. The Balaban J connectivity index is 1.63. The first-order chi connectivity index (χ1) is 24.5. The molecule has 0 N–H and O–H groups in total. The molecule has 0 spiro atoms. The van der Waals surface area contributed by atoms with Crippen LogP contribution in [0.25, 0.3) is 22.6 Å². The maximum atomic E-state index is 14.0. The number of imidazole rings is 1. The number of ether oxygens (including phenoxy) is 3. The summed E-state index contributed by atoms with van der Waals surface area (Å²) in [4.78, 5) is 29.6. The Bertz CT molecular complexity index is 2020. The first-order valence-corrected chi connectivity index (χ1v) is 24.5. The predicted molar refractivity (Wildman–Crippen MR) is 203 cm³/mol. The molecule has 0 unspecified atom stereocenters. The van der Waals surface area contributed by atoms with Crippen LogP contribution in [0.4, 0.5) is 24.7 Å². The zero-order chi connectivity index (χ0) is 37.8. The van der Waals surface area contributed by atoms with E-state index in [9.17, 15) is 18.0 Å². The van der Waals surface area contributed by atoms with E-state index < -0.39 is 39.2 Å². The number of benzene rings is 1. The first kappa shape index (κ1) is 38.9. The molecule has 1 aromatic carbocycles. The highest BCUT2D eigenvalue weighted by molar-refractivity contribution is 6.76. The van der Waals surface area contributed by atoms with Crippen molar-refractivity contribution in [2.45, 2.75) is 71.0 Å². The molecule has 0 aliphatic carbocycles. The van der Waals surface area contributed by atoms with Crippen molar-refractivity contribution in [2.75, 3.05) is 32.3 Å². The molecular formula is C37H47F3N6O4Si2. The molecular weight excluding hydrogens is 706 g/mol. The molecule has 0 bridgehead atoms. The Morgan fingerprint density at radius 1 is 0.904 bits per heavy atom. The van der Waals surface area contributed by atoms with Crippen molar-refractivity contribution in [3.05, 3.63) is 83.8 Å². The summed E-state index contributed by atoms with van der Waals surface area (Å²) in [5.74, 6) is 0.742. The largest absolute Gasteiger partial charge is 0.480 e. The predicted octanol–water partition coefficient (Wildman–Crippen LogP) is 8.95. The molecule has 52 heavy (non-hydrogen) atoms. The van der Waals surface area contributed by atoms with Crippen LogP contribution in [-0.2, 0) is 29.1 Å². The molecule has 4 aromatic heterocycles. The molecule has 15 heteroatoms. The molecule has 0 fully saturated rings. The number of alkyl halides is 3. The third kappa shape index (κ3) is 9.37. The molecule has 10 nitrogen and oxygen atoms in total. The molecule has 5 rings (SSSR count). The molecule has 278 valence electrons. The van der Waals surface area contributed by atoms with Gasteiger partial charge in [-0.25, -0.2) is 15.0 Å². The lowest BCUT2D eigenvalue weighted by Crippen LogP contribution is -2.22. The van der Waals surface area contributed by atoms with Gasteiger partial charge in [-0.3, -0.25) is 9.36 Å². The van der Waals surface area contributed by atoms with E-state index in [0.29, 0.717) is 53.2 Å². The highest BCUT2D eigenvalue weighted by atomic mass is 28.3. The van der Waals surface area contributed by atoms with Crippen LogP contribution < -0.4 is 9.64 Å². The molecule has 0 atom stereocenters. The smallest absolute Gasteiger partial charge is 0.417 e. The fraction of sp³-hybridized carbons (Fsp3) is 0.405. The zero-order valence-corrected chi connectivity index (χ0v) is 33.0. The highest BCUT2D eigenvalue weighted by Crippen LogP contribution is 2.35. The fourth-order valence-corrected chi connectivity index (χ4v) is 7.05. The number of nitrogens with zero attached hydrogens (tertiary/aromatic N) is 6. The number of aromatic nitrogens is 5. The van der Waals surface area contributed by atoms with Gasteiger partial charge in [-0.1, -0.05) is 57.5 Å². The molecule has 0 aliphatic rings. The third-order valence-corrected chi connectivity index (χ3v) is 12.0. The third-order valence-electron chi connectivity index (χ3n) is 8.58. The van der Waals surface area contributed by atoms with E-state index in [1.165, 1.54) is 18.2 Å². The quantitative estimate of drug-likeness (QED) is 0.0560. The summed E-state index contributed by atoms with van der Waals surface area (Å²) >= 11 is 0. The number of rotatable bonds is 16. The number of carbonyl (C=O) groups is 1. The van der Waals surface area contributed by atoms with Crippen LogP contribution in [-0.4, -0.2) is 73.4 Å². The Morgan fingerprint density at radius 3 is 2.23 bits per heavy atom. The molecule has 0 radical (unpaired) electrons. The van der Waals surface area contributed by atoms with Gasteiger partial charge in [-0.2, -0.15) is 13.2 Å². The van der Waals surface area contributed by atoms with E-state index in [0.717, 1.165) is 18.2 Å². The summed E-state index contributed by atoms with van der Waals surface area (Å²) < 4.78 is 63.5. The second kappa shape index (κ2) is 15.7. The lowest BCUT2D eigenvalue weighted by Gasteiger charge is -2.20. The van der Waals surface area contributed by atoms with Crippen molar-refractivity contribution in [3.63, 3.8) is 0 Å². The minimum absolute atomic E-state index is 0.0702. The van der Waals surface area contributed by atoms with Crippen LogP contribution in [0.15, 0.2) is 67.1 Å². The van der Waals surface area contributed by atoms with E-state index in [-0.39, 0.29) is 19.0 Å². The minimum atomic E-state index is -4.70. The van der Waals surface area contributed by atoms with Gasteiger partial charge < -0.3 is 23.7 Å². The topological polar surface area (TPSA) is 96.5 Å². The number of ketones is 1. The Hall–Kier alpha value is -4.32. The van der Waals surface area contributed by atoms with Gasteiger partial charge in [0.05, 0.1) is 30.1 Å². The Labute approximate surface area is 304 Å². The van der Waals surface area contributed by atoms with Crippen molar-refractivity contribution in [1.82, 2.24) is 24.1 Å². The number of anilines is 2. The lowest BCUT2D eigenvalue weighted by atomic mass is 9.99. The van der Waals surface area contributed by atoms with E-state index in [1.807, 2.05) is 34.7 Å². The summed E-state index contributed by atoms with van der Waals surface area (Å²) in [6, 6.07) is 13.9. The fourth-order valence-electron chi connectivity index (χ4n) is 5.53. The van der Waals surface area contributed by atoms with Crippen LogP contribution in [0.5, 0.6) is 5.88 Å². The second-order valence-electron chi connectivity index (χ2n) is 15.1. The highest BCUT2D eigenvalue weighted by Gasteiger charge is 2.35. The Morgan fingerprint density at radius 2 is 1.58 bits per heavy atom. The SMILES string of the molecule is COc1ncccc1N(C)c1cc2c(cn1)nc(-c1cc(C(=O)c3ccccc3C(F)(F)F)cn1COCC[Si](C)(C)C)n2COCC[Si](C)(C)C. The molecule has 5 aromatic rings. The van der Waals surface area contributed by atoms with E-state index in [2.05, 4.69) is 44.3 Å². The van der Waals surface area contributed by atoms with Gasteiger partial charge >= 0.3 is 6.18 Å². The minimum Gasteiger partial charge on any atom is -0.480 e. The van der Waals surface area contributed by atoms with E-state index in [1.54, 1.807) is 36.3 Å². The number of fused-ring (bicyclic) bond motifs is 1. The summed E-state index contributed by atoms with van der Waals surface area (Å²) in [5.41, 5.74) is 1.16. The standard InChI is InChI=1S/C37H47F3N6O4Si2/c1-44(30-14-11-15-41-36(30)48-2)33-21-31-29(22-42-33)43-35(46(31)25-50-17-19-52(6,7)8)32-20-26(23-45(32)24-49-16-18-51(3,4)5)34(47)27-12-9-10-13-28(27)37(38,39)40/h9-15,20-23H,16-19,24-25H2,1-8H3. The van der Waals surface area contributed by atoms with Crippen LogP contribution in [0.3, 0.4) is 0 Å². The van der Waals surface area contributed by atoms with Crippen molar-refractivity contribution in [3.8, 4) is 17.4 Å². The van der Waals surface area contributed by atoms with Gasteiger partial charge in [0.2, 0.25) is 5.88 Å². The second-order valence-corrected chi connectivity index (χ2v) is 26.4. The number of carbonyl (C=O) groups excluding carboxylic acids is 1. The zero-order valence-electron chi connectivity index (χ0n) is 31.0. The number of hydrogen-bond donors (Lipinski definition) is 0. The molecule has 0 saturated carbocycles. The van der Waals surface area contributed by atoms with Gasteiger partial charge in [0.1, 0.15) is 30.5 Å². The maximum Gasteiger partial charge on any atom is 0.417 e. The number of methoxy groups -OCH3 is 1. The first-order valence-electron chi connectivity index (χ1n) is 17.1. The lowest BCUT2D eigenvalue weighted by molar-refractivity contribution is -0.137. The van der Waals surface area contributed by atoms with Crippen molar-refractivity contribution >= 4 is 44.5 Å². The van der Waals surface area contributed by atoms with Crippen molar-refractivity contribution < 1.29 is 32.2 Å². The van der Waals surface area contributed by atoms with Crippen LogP contribution >= 0.6 is 0 Å². The summed E-state index contributed by atoms with van der Waals surface area (Å²) in [6.45, 7) is 14.8. The maximum absolute atomic E-state index is 14.0. The molecule has 0 saturated heterocycles. The summed E-state index contributed by atoms with van der Waals surface area (Å²) in [6.07, 6.45) is 0.157. The normalized spacial score (nSPS) is 12.4. The van der Waals surface area contributed by atoms with E-state index in [4.69, 9.17) is 24.2 Å². The summed E-state index contributed by atoms with van der Waals surface area (Å²) in [5, 5.41) is 0. The van der Waals surface area contributed by atoms with Crippen LogP contribution in [0.1, 0.15) is 21.5 Å². The van der Waals surface area contributed by atoms with Gasteiger partial charge in [-0.15, -0.1) is 0 Å². The van der Waals surface area contributed by atoms with Gasteiger partial charge in [0.25, 0.3) is 0 Å². The van der Waals surface area contributed by atoms with Gasteiger partial charge in [-0.05, 0) is 36.4 Å². The summed E-state index contributed by atoms with van der Waals surface area (Å²) in [7, 11) is 0.604. The molecule has 0 aliphatic heterocycles. The molecule has 0 amide bonds. The van der Waals surface area contributed by atoms with Gasteiger partial charge in [0.15, 0.2) is 11.6 Å². The van der Waals surface area contributed by atoms with Crippen molar-refractivity contribution in [1.29, 1.82) is 0 Å². The molecule has 4 heterocycles. The van der Waals surface area contributed by atoms with Gasteiger partial charge in [0, 0.05) is 66.0 Å². The van der Waals surface area contributed by atoms with Crippen LogP contribution in [0.2, 0.25) is 51.4 Å². The Kier molecular flexibility index (Phi) is 11.8. The van der Waals surface area contributed by atoms with E-state index >= 15 is 0 Å². The number of halogens is 3. The number of pyridine rings is 2. The van der Waals surface area contributed by atoms with Crippen LogP contribution in [0, 0.1) is 0 Å². The monoisotopic (exact) mass is 752 g/mol. The average molecular weight is 753 g/mol.